The van der Waals surface area contributed by atoms with Crippen LogP contribution in [-0.2, 0) is 6.54 Å². The van der Waals surface area contributed by atoms with Crippen LogP contribution in [0, 0.1) is 11.3 Å². The van der Waals surface area contributed by atoms with E-state index in [0.29, 0.717) is 12.1 Å². The monoisotopic (exact) mass is 415 g/mol. The van der Waals surface area contributed by atoms with Gasteiger partial charge < -0.3 is 9.67 Å². The van der Waals surface area contributed by atoms with Crippen LogP contribution in [0.5, 0.6) is 0 Å². The summed E-state index contributed by atoms with van der Waals surface area (Å²) in [5.41, 5.74) is 5.51. The lowest BCUT2D eigenvalue weighted by molar-refractivity contribution is 0.210. The fraction of sp³-hybridized carbons (Fsp3) is 0.0714. The predicted octanol–water partition coefficient (Wildman–Crippen LogP) is 5.70. The van der Waals surface area contributed by atoms with Crippen molar-refractivity contribution in [1.29, 1.82) is 5.26 Å². The topological polar surface area (TPSA) is 61.8 Å². The van der Waals surface area contributed by atoms with Crippen molar-refractivity contribution in [2.75, 3.05) is 0 Å². The Morgan fingerprint density at radius 3 is 2.41 bits per heavy atom. The molecule has 4 heteroatoms. The van der Waals surface area contributed by atoms with Crippen molar-refractivity contribution in [1.82, 2.24) is 9.55 Å². The quantitative estimate of drug-likeness (QED) is 0.400. The maximum Gasteiger partial charge on any atom is 0.121 e. The van der Waals surface area contributed by atoms with Gasteiger partial charge >= 0.3 is 0 Å². The molecule has 1 N–H and O–H groups in total. The van der Waals surface area contributed by atoms with Crippen LogP contribution in [0.25, 0.3) is 21.9 Å². The molecule has 1 aromatic heterocycles. The van der Waals surface area contributed by atoms with Crippen LogP contribution in [0.2, 0.25) is 0 Å². The molecular formula is C28H21N3O. The lowest BCUT2D eigenvalue weighted by atomic mass is 9.96. The minimum atomic E-state index is -0.780. The van der Waals surface area contributed by atoms with Gasteiger partial charge in [-0.1, -0.05) is 78.9 Å². The van der Waals surface area contributed by atoms with Crippen molar-refractivity contribution >= 4 is 10.8 Å². The molecule has 32 heavy (non-hydrogen) atoms. The van der Waals surface area contributed by atoms with E-state index >= 15 is 0 Å². The zero-order valence-corrected chi connectivity index (χ0v) is 17.4. The number of aromatic nitrogens is 2. The number of imidazole rings is 1. The fourth-order valence-electron chi connectivity index (χ4n) is 4.07. The van der Waals surface area contributed by atoms with Gasteiger partial charge in [0.05, 0.1) is 29.9 Å². The van der Waals surface area contributed by atoms with Crippen LogP contribution >= 0.6 is 0 Å². The maximum absolute atomic E-state index is 11.1. The van der Waals surface area contributed by atoms with Gasteiger partial charge in [0.15, 0.2) is 0 Å². The maximum atomic E-state index is 11.1. The summed E-state index contributed by atoms with van der Waals surface area (Å²) in [6.07, 6.45) is 2.64. The third-order valence-corrected chi connectivity index (χ3v) is 5.79. The number of hydrogen-bond donors (Lipinski definition) is 1. The Kier molecular flexibility index (Phi) is 5.25. The number of aliphatic hydroxyl groups is 1. The number of nitriles is 1. The normalized spacial score (nSPS) is 11.9. The van der Waals surface area contributed by atoms with E-state index in [0.717, 1.165) is 22.4 Å². The van der Waals surface area contributed by atoms with Gasteiger partial charge in [-0.15, -0.1) is 0 Å². The zero-order valence-electron chi connectivity index (χ0n) is 17.4. The molecule has 0 aliphatic heterocycles. The number of benzene rings is 4. The van der Waals surface area contributed by atoms with E-state index in [1.54, 1.807) is 24.7 Å². The van der Waals surface area contributed by atoms with Crippen LogP contribution in [0.4, 0.5) is 0 Å². The second-order valence-corrected chi connectivity index (χ2v) is 7.81. The Bertz CT molecular complexity index is 1400. The van der Waals surface area contributed by atoms with Gasteiger partial charge in [-0.2, -0.15) is 5.26 Å². The van der Waals surface area contributed by atoms with E-state index < -0.39 is 6.10 Å². The second kappa shape index (κ2) is 8.50. The molecule has 1 heterocycles. The van der Waals surface area contributed by atoms with Crippen LogP contribution in [0.3, 0.4) is 0 Å². The standard InChI is InChI=1S/C28H21N3O/c29-16-20-8-10-21(11-9-20)18-31-19-30-17-27(31)28(32)24-14-12-23(13-15-24)26-7-3-5-22-4-1-2-6-25(22)26/h1-15,17,19,28,32H,18H2. The van der Waals surface area contributed by atoms with Crippen molar-refractivity contribution in [2.24, 2.45) is 0 Å². The van der Waals surface area contributed by atoms with Crippen molar-refractivity contribution in [3.05, 3.63) is 126 Å². The minimum absolute atomic E-state index is 0.576. The average molecular weight is 415 g/mol. The second-order valence-electron chi connectivity index (χ2n) is 7.81. The van der Waals surface area contributed by atoms with Gasteiger partial charge in [-0.25, -0.2) is 4.98 Å². The number of hydrogen-bond acceptors (Lipinski definition) is 3. The molecule has 1 unspecified atom stereocenters. The summed E-state index contributed by atoms with van der Waals surface area (Å²) < 4.78 is 1.94. The van der Waals surface area contributed by atoms with Crippen LogP contribution in [0.15, 0.2) is 104 Å². The lowest BCUT2D eigenvalue weighted by Gasteiger charge is -2.15. The highest BCUT2D eigenvalue weighted by Crippen LogP contribution is 2.30. The first-order chi connectivity index (χ1) is 15.7. The fourth-order valence-corrected chi connectivity index (χ4v) is 4.07. The molecule has 0 bridgehead atoms. The molecule has 0 aliphatic rings. The Morgan fingerprint density at radius 1 is 0.875 bits per heavy atom. The van der Waals surface area contributed by atoms with E-state index in [1.165, 1.54) is 16.3 Å². The Balaban J connectivity index is 1.40. The van der Waals surface area contributed by atoms with E-state index in [9.17, 15) is 5.11 Å². The molecule has 5 aromatic rings. The summed E-state index contributed by atoms with van der Waals surface area (Å²) in [4.78, 5) is 4.25. The molecule has 0 radical (unpaired) electrons. The summed E-state index contributed by atoms with van der Waals surface area (Å²) >= 11 is 0. The van der Waals surface area contributed by atoms with Gasteiger partial charge in [-0.05, 0) is 45.2 Å². The molecule has 1 atom stereocenters. The zero-order chi connectivity index (χ0) is 21.9. The molecule has 154 valence electrons. The highest BCUT2D eigenvalue weighted by Gasteiger charge is 2.16. The SMILES string of the molecule is N#Cc1ccc(Cn2cncc2C(O)c2ccc(-c3cccc4ccccc34)cc2)cc1. The van der Waals surface area contributed by atoms with Gasteiger partial charge in [0.25, 0.3) is 0 Å². The molecular weight excluding hydrogens is 394 g/mol. The van der Waals surface area contributed by atoms with Gasteiger partial charge in [0, 0.05) is 6.54 Å². The molecule has 0 saturated carbocycles. The van der Waals surface area contributed by atoms with Crippen molar-refractivity contribution < 1.29 is 5.11 Å². The first kappa shape index (κ1) is 19.7. The third kappa shape index (κ3) is 3.78. The van der Waals surface area contributed by atoms with Gasteiger partial charge in [-0.3, -0.25) is 0 Å². The summed E-state index contributed by atoms with van der Waals surface area (Å²) in [6.45, 7) is 0.576. The van der Waals surface area contributed by atoms with Crippen LogP contribution < -0.4 is 0 Å². The van der Waals surface area contributed by atoms with Crippen LogP contribution in [0.1, 0.15) is 28.5 Å². The molecule has 0 spiro atoms. The summed E-state index contributed by atoms with van der Waals surface area (Å²) in [5.74, 6) is 0. The Labute approximate surface area is 186 Å². The average Bonchev–Trinajstić information content (AvgIpc) is 3.32. The lowest BCUT2D eigenvalue weighted by Crippen LogP contribution is -2.09. The molecule has 0 amide bonds. The number of fused-ring (bicyclic) bond motifs is 1. The first-order valence-electron chi connectivity index (χ1n) is 10.5. The molecule has 0 fully saturated rings. The molecule has 4 nitrogen and oxygen atoms in total. The summed E-state index contributed by atoms with van der Waals surface area (Å²) in [7, 11) is 0. The number of aliphatic hydroxyl groups excluding tert-OH is 1. The largest absolute Gasteiger partial charge is 0.382 e. The number of nitrogens with zero attached hydrogens (tertiary/aromatic N) is 3. The van der Waals surface area contributed by atoms with E-state index in [4.69, 9.17) is 5.26 Å². The Hall–Kier alpha value is -4.20. The first-order valence-corrected chi connectivity index (χ1v) is 10.5. The molecule has 0 saturated heterocycles. The highest BCUT2D eigenvalue weighted by atomic mass is 16.3. The number of rotatable bonds is 5. The Morgan fingerprint density at radius 2 is 1.62 bits per heavy atom. The van der Waals surface area contributed by atoms with E-state index in [2.05, 4.69) is 59.6 Å². The van der Waals surface area contributed by atoms with Crippen molar-refractivity contribution in [3.8, 4) is 17.2 Å². The van der Waals surface area contributed by atoms with Gasteiger partial charge in [0.2, 0.25) is 0 Å². The van der Waals surface area contributed by atoms with Crippen molar-refractivity contribution in [2.45, 2.75) is 12.6 Å². The summed E-state index contributed by atoms with van der Waals surface area (Å²) in [5, 5.41) is 22.4. The molecule has 4 aromatic carbocycles. The van der Waals surface area contributed by atoms with E-state index in [1.807, 2.05) is 34.9 Å². The predicted molar refractivity (Wildman–Crippen MR) is 126 cm³/mol. The van der Waals surface area contributed by atoms with E-state index in [-0.39, 0.29) is 0 Å². The van der Waals surface area contributed by atoms with Gasteiger partial charge in [0.1, 0.15) is 6.10 Å². The smallest absolute Gasteiger partial charge is 0.121 e. The van der Waals surface area contributed by atoms with Crippen LogP contribution in [-0.4, -0.2) is 14.7 Å². The minimum Gasteiger partial charge on any atom is -0.382 e. The van der Waals surface area contributed by atoms with Crippen molar-refractivity contribution in [3.63, 3.8) is 0 Å². The third-order valence-electron chi connectivity index (χ3n) is 5.79. The molecule has 5 rings (SSSR count). The summed E-state index contributed by atoms with van der Waals surface area (Å²) in [6, 6.07) is 32.3. The molecule has 0 aliphatic carbocycles. The highest BCUT2D eigenvalue weighted by molar-refractivity contribution is 5.96.